The van der Waals surface area contributed by atoms with E-state index >= 15 is 0 Å². The Hall–Kier alpha value is -0.605. The lowest BCUT2D eigenvalue weighted by atomic mass is 9.82. The van der Waals surface area contributed by atoms with Crippen molar-refractivity contribution in [2.24, 2.45) is 0 Å². The van der Waals surface area contributed by atoms with Crippen LogP contribution in [0.15, 0.2) is 48.7 Å². The normalized spacial score (nSPS) is 15.9. The minimum absolute atomic E-state index is 0.992. The summed E-state index contributed by atoms with van der Waals surface area (Å²) in [5, 5.41) is 0. The Kier molecular flexibility index (Phi) is 2.04. The van der Waals surface area contributed by atoms with Gasteiger partial charge in [-0.15, -0.1) is 0 Å². The molecule has 74 valence electrons. The van der Waals surface area contributed by atoms with E-state index in [2.05, 4.69) is 84.7 Å². The van der Waals surface area contributed by atoms with E-state index < -0.39 is 3.93 Å². The summed E-state index contributed by atoms with van der Waals surface area (Å²) in [7, 11) is 0. The van der Waals surface area contributed by atoms with Gasteiger partial charge in [0.25, 0.3) is 0 Å². The standard InChI is InChI=1S/C11H8BBr2N/c13-12(14)10-6-2-1-5-9(10)11-7-3-4-8-15(11)12/h1-8H. The second-order valence-corrected chi connectivity index (χ2v) is 7.58. The summed E-state index contributed by atoms with van der Waals surface area (Å²) in [4.78, 5) is 0. The molecule has 0 amide bonds. The molecule has 0 fully saturated rings. The Balaban J connectivity index is 2.42. The molecule has 0 spiro atoms. The summed E-state index contributed by atoms with van der Waals surface area (Å²) in [5.74, 6) is 0. The monoisotopic (exact) mass is 323 g/mol. The van der Waals surface area contributed by atoms with E-state index in [1.54, 1.807) is 0 Å². The van der Waals surface area contributed by atoms with Crippen molar-refractivity contribution < 1.29 is 4.48 Å². The molecule has 2 aromatic rings. The molecule has 4 heteroatoms. The molecule has 0 aliphatic carbocycles. The topological polar surface area (TPSA) is 3.88 Å². The third-order valence-electron chi connectivity index (χ3n) is 2.85. The zero-order valence-electron chi connectivity index (χ0n) is 7.90. The Bertz CT molecular complexity index is 492. The maximum Gasteiger partial charge on any atom is 0.427 e. The molecule has 15 heavy (non-hydrogen) atoms. The van der Waals surface area contributed by atoms with Crippen LogP contribution < -0.4 is 9.94 Å². The van der Waals surface area contributed by atoms with Crippen LogP contribution in [0, 0.1) is 0 Å². The van der Waals surface area contributed by atoms with E-state index in [1.807, 2.05) is 0 Å². The fourth-order valence-corrected chi connectivity index (χ4v) is 3.66. The van der Waals surface area contributed by atoms with E-state index in [1.165, 1.54) is 16.7 Å². The predicted octanol–water partition coefficient (Wildman–Crippen LogP) is 2.44. The average molecular weight is 325 g/mol. The predicted molar refractivity (Wildman–Crippen MR) is 70.7 cm³/mol. The van der Waals surface area contributed by atoms with Crippen LogP contribution in [-0.4, -0.2) is 3.93 Å². The lowest BCUT2D eigenvalue weighted by molar-refractivity contribution is -0.517. The lowest BCUT2D eigenvalue weighted by Crippen LogP contribution is -2.59. The highest BCUT2D eigenvalue weighted by atomic mass is 79.9. The first-order valence-electron chi connectivity index (χ1n) is 4.83. The Morgan fingerprint density at radius 2 is 1.67 bits per heavy atom. The van der Waals surface area contributed by atoms with E-state index in [9.17, 15) is 0 Å². The molecule has 1 aromatic carbocycles. The number of rotatable bonds is 0. The van der Waals surface area contributed by atoms with Gasteiger partial charge in [-0.25, -0.2) is 31.5 Å². The molecule has 1 aliphatic rings. The van der Waals surface area contributed by atoms with Crippen molar-refractivity contribution in [3.05, 3.63) is 48.7 Å². The molecule has 1 nitrogen and oxygen atoms in total. The minimum atomic E-state index is -0.992. The fraction of sp³-hybridized carbons (Fsp3) is 0. The van der Waals surface area contributed by atoms with Gasteiger partial charge in [0.05, 0.1) is 0 Å². The van der Waals surface area contributed by atoms with E-state index in [-0.39, 0.29) is 0 Å². The Morgan fingerprint density at radius 1 is 0.933 bits per heavy atom. The van der Waals surface area contributed by atoms with Gasteiger partial charge in [0.15, 0.2) is 5.69 Å². The second kappa shape index (κ2) is 3.19. The van der Waals surface area contributed by atoms with Crippen molar-refractivity contribution in [2.75, 3.05) is 0 Å². The number of halogens is 2. The number of hydrogen-bond donors (Lipinski definition) is 0. The highest BCUT2D eigenvalue weighted by Crippen LogP contribution is 2.29. The number of benzene rings is 1. The molecular weight excluding hydrogens is 317 g/mol. The molecule has 0 saturated heterocycles. The number of hydrogen-bond acceptors (Lipinski definition) is 0. The highest BCUT2D eigenvalue weighted by Gasteiger charge is 2.41. The summed E-state index contributed by atoms with van der Waals surface area (Å²) in [6.07, 6.45) is 2.10. The second-order valence-electron chi connectivity index (χ2n) is 3.71. The third kappa shape index (κ3) is 1.24. The SMILES string of the molecule is Br[B-]1(Br)c2ccccc2-c2cccc[n+]21. The van der Waals surface area contributed by atoms with Crippen LogP contribution in [-0.2, 0) is 0 Å². The maximum absolute atomic E-state index is 3.78. The summed E-state index contributed by atoms with van der Waals surface area (Å²) in [6, 6.07) is 14.7. The fourth-order valence-electron chi connectivity index (χ4n) is 2.15. The minimum Gasteiger partial charge on any atom is -0.397 e. The van der Waals surface area contributed by atoms with Crippen molar-refractivity contribution >= 4 is 40.9 Å². The van der Waals surface area contributed by atoms with Crippen LogP contribution in [0.2, 0.25) is 0 Å². The van der Waals surface area contributed by atoms with Gasteiger partial charge in [-0.3, -0.25) is 0 Å². The molecular formula is C11H8BBr2N. The zero-order chi connectivity index (χ0) is 10.5. The molecule has 1 aliphatic heterocycles. The number of pyridine rings is 1. The summed E-state index contributed by atoms with van der Waals surface area (Å²) in [6.45, 7) is 0. The van der Waals surface area contributed by atoms with Gasteiger partial charge in [-0.2, -0.15) is 0 Å². The van der Waals surface area contributed by atoms with Crippen LogP contribution >= 0.6 is 31.5 Å². The Morgan fingerprint density at radius 3 is 2.53 bits per heavy atom. The molecule has 0 saturated carbocycles. The van der Waals surface area contributed by atoms with Gasteiger partial charge < -0.3 is 4.48 Å². The van der Waals surface area contributed by atoms with Gasteiger partial charge >= 0.3 is 3.93 Å². The average Bonchev–Trinajstić information content (AvgIpc) is 2.51. The summed E-state index contributed by atoms with van der Waals surface area (Å²) >= 11 is 7.56. The Labute approximate surface area is 105 Å². The van der Waals surface area contributed by atoms with Crippen LogP contribution in [0.3, 0.4) is 0 Å². The van der Waals surface area contributed by atoms with E-state index in [4.69, 9.17) is 0 Å². The zero-order valence-corrected chi connectivity index (χ0v) is 11.1. The van der Waals surface area contributed by atoms with Gasteiger partial charge in [0.1, 0.15) is 6.20 Å². The van der Waals surface area contributed by atoms with Crippen molar-refractivity contribution in [3.8, 4) is 11.3 Å². The van der Waals surface area contributed by atoms with Crippen LogP contribution in [0.4, 0.5) is 0 Å². The first-order valence-corrected chi connectivity index (χ1v) is 6.66. The number of fused-ring (bicyclic) bond motifs is 3. The molecule has 0 bridgehead atoms. The van der Waals surface area contributed by atoms with E-state index in [0.717, 1.165) is 0 Å². The maximum atomic E-state index is 3.78. The van der Waals surface area contributed by atoms with Crippen molar-refractivity contribution in [1.29, 1.82) is 0 Å². The first kappa shape index (κ1) is 9.61. The van der Waals surface area contributed by atoms with Gasteiger partial charge in [-0.05, 0) is 6.07 Å². The number of aromatic nitrogens is 1. The molecule has 2 heterocycles. The largest absolute Gasteiger partial charge is 0.427 e. The summed E-state index contributed by atoms with van der Waals surface area (Å²) < 4.78 is 1.25. The molecule has 0 N–H and O–H groups in total. The van der Waals surface area contributed by atoms with Crippen molar-refractivity contribution in [3.63, 3.8) is 0 Å². The van der Waals surface area contributed by atoms with Crippen LogP contribution in [0.5, 0.6) is 0 Å². The van der Waals surface area contributed by atoms with Crippen LogP contribution in [0.1, 0.15) is 0 Å². The lowest BCUT2D eigenvalue weighted by Gasteiger charge is -2.17. The molecule has 0 radical (unpaired) electrons. The third-order valence-corrected chi connectivity index (χ3v) is 4.72. The molecule has 0 unspecified atom stereocenters. The van der Waals surface area contributed by atoms with Gasteiger partial charge in [0, 0.05) is 11.6 Å². The van der Waals surface area contributed by atoms with Crippen LogP contribution in [0.25, 0.3) is 11.3 Å². The smallest absolute Gasteiger partial charge is 0.397 e. The van der Waals surface area contributed by atoms with Crippen molar-refractivity contribution in [2.45, 2.75) is 0 Å². The summed E-state index contributed by atoms with van der Waals surface area (Å²) in [5.41, 5.74) is 3.86. The molecule has 1 aromatic heterocycles. The van der Waals surface area contributed by atoms with Crippen molar-refractivity contribution in [1.82, 2.24) is 0 Å². The van der Waals surface area contributed by atoms with Gasteiger partial charge in [0.2, 0.25) is 0 Å². The molecule has 3 rings (SSSR count). The highest BCUT2D eigenvalue weighted by molar-refractivity contribution is 9.51. The molecule has 0 atom stereocenters. The van der Waals surface area contributed by atoms with Gasteiger partial charge in [-0.1, -0.05) is 35.8 Å². The quantitative estimate of drug-likeness (QED) is 0.655. The number of nitrogens with zero attached hydrogens (tertiary/aromatic N) is 1. The van der Waals surface area contributed by atoms with E-state index in [0.29, 0.717) is 0 Å². The first-order chi connectivity index (χ1) is 7.21.